The van der Waals surface area contributed by atoms with Gasteiger partial charge in [0.25, 0.3) is 0 Å². The summed E-state index contributed by atoms with van der Waals surface area (Å²) in [6.07, 6.45) is 3.36. The molecule has 0 radical (unpaired) electrons. The molecule has 0 fully saturated rings. The summed E-state index contributed by atoms with van der Waals surface area (Å²) in [7, 11) is 0. The summed E-state index contributed by atoms with van der Waals surface area (Å²) in [5.41, 5.74) is 0.956. The minimum Gasteiger partial charge on any atom is -0.464 e. The highest BCUT2D eigenvalue weighted by atomic mass is 32.1. The lowest BCUT2D eigenvalue weighted by Gasteiger charge is -1.81. The lowest BCUT2D eigenvalue weighted by atomic mass is 10.3. The van der Waals surface area contributed by atoms with Gasteiger partial charge in [0.15, 0.2) is 0 Å². The summed E-state index contributed by atoms with van der Waals surface area (Å²) in [5, 5.41) is 6.47. The number of aromatic nitrogens is 2. The van der Waals surface area contributed by atoms with Gasteiger partial charge in [0, 0.05) is 10.8 Å². The van der Waals surface area contributed by atoms with Crippen LogP contribution < -0.4 is 0 Å². The normalized spacial score (nSPS) is 9.43. The molecular weight excluding hydrogens is 196 g/mol. The number of fused-ring (bicyclic) bond motifs is 1. The van der Waals surface area contributed by atoms with Crippen LogP contribution in [-0.2, 0) is 0 Å². The van der Waals surface area contributed by atoms with E-state index in [-0.39, 0.29) is 0 Å². The molecule has 0 saturated heterocycles. The highest BCUT2D eigenvalue weighted by molar-refractivity contribution is 7.03. The van der Waals surface area contributed by atoms with Gasteiger partial charge in [-0.05, 0) is 23.7 Å². The Morgan fingerprint density at radius 3 is 2.71 bits per heavy atom. The van der Waals surface area contributed by atoms with Crippen LogP contribution in [0.4, 0.5) is 0 Å². The van der Waals surface area contributed by atoms with Gasteiger partial charge in [-0.25, -0.2) is 0 Å². The lowest BCUT2D eigenvalue weighted by molar-refractivity contribution is 0.616. The van der Waals surface area contributed by atoms with Gasteiger partial charge in [-0.3, -0.25) is 0 Å². The predicted molar refractivity (Wildman–Crippen MR) is 56.1 cm³/mol. The first-order chi connectivity index (χ1) is 6.97. The molecule has 3 rings (SSSR count). The van der Waals surface area contributed by atoms with Crippen LogP contribution in [0.15, 0.2) is 52.6 Å². The highest BCUT2D eigenvalue weighted by Crippen LogP contribution is 2.12. The van der Waals surface area contributed by atoms with Crippen LogP contribution in [0.25, 0.3) is 11.0 Å². The van der Waals surface area contributed by atoms with Crippen molar-refractivity contribution in [2.24, 2.45) is 0 Å². The molecule has 0 amide bonds. The van der Waals surface area contributed by atoms with Crippen LogP contribution in [0, 0.1) is 0 Å². The fourth-order valence-electron chi connectivity index (χ4n) is 1.04. The Morgan fingerprint density at radius 1 is 1.14 bits per heavy atom. The zero-order valence-corrected chi connectivity index (χ0v) is 8.15. The smallest absolute Gasteiger partial charge is 0.133 e. The molecule has 3 aromatic rings. The van der Waals surface area contributed by atoms with Gasteiger partial charge >= 0.3 is 0 Å². The van der Waals surface area contributed by atoms with E-state index >= 15 is 0 Å². The molecule has 0 aliphatic rings. The third kappa shape index (κ3) is 2.17. The Morgan fingerprint density at radius 2 is 2.07 bits per heavy atom. The zero-order valence-electron chi connectivity index (χ0n) is 7.33. The molecule has 1 aromatic carbocycles. The average Bonchev–Trinajstić information content (AvgIpc) is 2.92. The molecule has 3 nitrogen and oxygen atoms in total. The topological polar surface area (TPSA) is 38.9 Å². The lowest BCUT2D eigenvalue weighted by Crippen LogP contribution is -1.57. The Kier molecular flexibility index (Phi) is 2.88. The first kappa shape index (κ1) is 8.90. The fraction of sp³-hybridized carbons (Fsp3) is 0. The van der Waals surface area contributed by atoms with Gasteiger partial charge in [0.1, 0.15) is 5.58 Å². The summed E-state index contributed by atoms with van der Waals surface area (Å²) >= 11 is 1.35. The van der Waals surface area contributed by atoms with Gasteiger partial charge < -0.3 is 4.42 Å². The van der Waals surface area contributed by atoms with Crippen molar-refractivity contribution in [1.82, 2.24) is 9.59 Å². The maximum Gasteiger partial charge on any atom is 0.133 e. The molecule has 0 saturated carbocycles. The number of benzene rings is 1. The van der Waals surface area contributed by atoms with Crippen LogP contribution in [0.1, 0.15) is 0 Å². The van der Waals surface area contributed by atoms with Crippen LogP contribution in [-0.4, -0.2) is 9.59 Å². The van der Waals surface area contributed by atoms with Crippen molar-refractivity contribution in [3.05, 3.63) is 48.2 Å². The minimum absolute atomic E-state index is 0.956. The Labute approximate surface area is 85.2 Å². The van der Waals surface area contributed by atoms with E-state index in [1.807, 2.05) is 35.7 Å². The minimum atomic E-state index is 0.956. The van der Waals surface area contributed by atoms with Crippen molar-refractivity contribution in [3.8, 4) is 0 Å². The van der Waals surface area contributed by atoms with E-state index in [9.17, 15) is 0 Å². The third-order valence-electron chi connectivity index (χ3n) is 1.64. The molecule has 0 bridgehead atoms. The molecular formula is C10H8N2OS. The van der Waals surface area contributed by atoms with Crippen LogP contribution in [0.5, 0.6) is 0 Å². The van der Waals surface area contributed by atoms with E-state index < -0.39 is 0 Å². The maximum atomic E-state index is 5.12. The Bertz CT molecular complexity index is 428. The number of furan rings is 1. The second-order valence-electron chi connectivity index (χ2n) is 2.55. The number of hydrogen-bond donors (Lipinski definition) is 0. The highest BCUT2D eigenvalue weighted by Gasteiger charge is 1.89. The average molecular weight is 204 g/mol. The van der Waals surface area contributed by atoms with E-state index in [1.54, 1.807) is 12.5 Å². The molecule has 4 heteroatoms. The SMILES string of the molecule is c1ccc2occc2c1.c1csnn1. The number of hydrogen-bond acceptors (Lipinski definition) is 4. The summed E-state index contributed by atoms with van der Waals surface area (Å²) in [5.74, 6) is 0. The van der Waals surface area contributed by atoms with Gasteiger partial charge in [-0.2, -0.15) is 0 Å². The molecule has 0 N–H and O–H groups in total. The van der Waals surface area contributed by atoms with Crippen molar-refractivity contribution < 1.29 is 4.42 Å². The zero-order chi connectivity index (χ0) is 9.64. The van der Waals surface area contributed by atoms with Gasteiger partial charge in [0.05, 0.1) is 12.5 Å². The van der Waals surface area contributed by atoms with E-state index in [2.05, 4.69) is 9.59 Å². The van der Waals surface area contributed by atoms with E-state index in [0.29, 0.717) is 0 Å². The standard InChI is InChI=1S/C8H6O.C2H2N2S/c1-2-4-8-7(3-1)5-6-9-8;1-2-5-4-3-1/h1-6H;1-2H. The quantitative estimate of drug-likeness (QED) is 0.565. The summed E-state index contributed by atoms with van der Waals surface area (Å²) in [6, 6.07) is 9.90. The molecule has 0 atom stereocenters. The molecule has 70 valence electrons. The van der Waals surface area contributed by atoms with Gasteiger partial charge in [0.2, 0.25) is 0 Å². The van der Waals surface area contributed by atoms with Crippen molar-refractivity contribution in [2.75, 3.05) is 0 Å². The van der Waals surface area contributed by atoms with Crippen molar-refractivity contribution in [1.29, 1.82) is 0 Å². The summed E-state index contributed by atoms with van der Waals surface area (Å²) in [4.78, 5) is 0. The number of para-hydroxylation sites is 1. The first-order valence-corrected chi connectivity index (χ1v) is 4.94. The molecule has 0 unspecified atom stereocenters. The molecule has 2 heterocycles. The van der Waals surface area contributed by atoms with Crippen molar-refractivity contribution in [2.45, 2.75) is 0 Å². The van der Waals surface area contributed by atoms with Gasteiger partial charge in [-0.15, -0.1) is 5.10 Å². The molecule has 2 aromatic heterocycles. The second-order valence-corrected chi connectivity index (χ2v) is 3.19. The molecule has 0 spiro atoms. The Hall–Kier alpha value is -1.68. The van der Waals surface area contributed by atoms with E-state index in [4.69, 9.17) is 4.42 Å². The first-order valence-electron chi connectivity index (χ1n) is 4.10. The van der Waals surface area contributed by atoms with Crippen molar-refractivity contribution in [3.63, 3.8) is 0 Å². The number of nitrogens with zero attached hydrogens (tertiary/aromatic N) is 2. The number of rotatable bonds is 0. The summed E-state index contributed by atoms with van der Waals surface area (Å²) in [6.45, 7) is 0. The van der Waals surface area contributed by atoms with Crippen LogP contribution in [0.2, 0.25) is 0 Å². The Balaban J connectivity index is 0.000000128. The monoisotopic (exact) mass is 204 g/mol. The fourth-order valence-corrected chi connectivity index (χ4v) is 1.31. The predicted octanol–water partition coefficient (Wildman–Crippen LogP) is 2.97. The maximum absolute atomic E-state index is 5.12. The second kappa shape index (κ2) is 4.53. The van der Waals surface area contributed by atoms with Crippen LogP contribution in [0.3, 0.4) is 0 Å². The summed E-state index contributed by atoms with van der Waals surface area (Å²) < 4.78 is 8.63. The largest absolute Gasteiger partial charge is 0.464 e. The van der Waals surface area contributed by atoms with Gasteiger partial charge in [-0.1, -0.05) is 22.7 Å². The van der Waals surface area contributed by atoms with Crippen molar-refractivity contribution >= 4 is 22.5 Å². The van der Waals surface area contributed by atoms with Crippen LogP contribution >= 0.6 is 11.5 Å². The third-order valence-corrected chi connectivity index (χ3v) is 2.08. The molecule has 0 aliphatic carbocycles. The molecule has 14 heavy (non-hydrogen) atoms. The van der Waals surface area contributed by atoms with E-state index in [0.717, 1.165) is 11.0 Å². The van der Waals surface area contributed by atoms with E-state index in [1.165, 1.54) is 11.5 Å². The molecule has 0 aliphatic heterocycles.